The highest BCUT2D eigenvalue weighted by molar-refractivity contribution is 7.89. The van der Waals surface area contributed by atoms with Crippen LogP contribution in [0, 0.1) is 0 Å². The van der Waals surface area contributed by atoms with Gasteiger partial charge in [0, 0.05) is 19.7 Å². The second-order valence-corrected chi connectivity index (χ2v) is 6.19. The van der Waals surface area contributed by atoms with Crippen molar-refractivity contribution in [3.05, 3.63) is 0 Å². The number of hydrogen-bond acceptors (Lipinski definition) is 4. The number of morpholine rings is 1. The van der Waals surface area contributed by atoms with Crippen LogP contribution in [0.15, 0.2) is 0 Å². The van der Waals surface area contributed by atoms with E-state index in [0.29, 0.717) is 39.3 Å². The largest absolute Gasteiger partial charge is 0.379 e. The van der Waals surface area contributed by atoms with Crippen LogP contribution in [0.5, 0.6) is 0 Å². The van der Waals surface area contributed by atoms with E-state index in [1.54, 1.807) is 0 Å². The van der Waals surface area contributed by atoms with Crippen molar-refractivity contribution in [1.29, 1.82) is 0 Å². The number of hydrogen-bond donors (Lipinski definition) is 0. The molecule has 0 radical (unpaired) electrons. The van der Waals surface area contributed by atoms with Gasteiger partial charge in [-0.05, 0) is 20.3 Å². The minimum absolute atomic E-state index is 0.158. The third-order valence-corrected chi connectivity index (χ3v) is 4.32. The zero-order valence-electron chi connectivity index (χ0n) is 10.0. The molecule has 1 fully saturated rings. The fourth-order valence-electron chi connectivity index (χ4n) is 1.51. The Hall–Kier alpha value is -0.170. The van der Waals surface area contributed by atoms with Crippen LogP contribution in [-0.4, -0.2) is 57.5 Å². The maximum absolute atomic E-state index is 11.8. The van der Waals surface area contributed by atoms with Crippen LogP contribution in [0.2, 0.25) is 0 Å². The van der Waals surface area contributed by atoms with Crippen molar-refractivity contribution in [2.45, 2.75) is 26.4 Å². The number of rotatable bonds is 6. The highest BCUT2D eigenvalue weighted by Gasteiger charge is 2.23. The topological polar surface area (TPSA) is 55.8 Å². The molecule has 1 saturated heterocycles. The molecule has 0 amide bonds. The maximum Gasteiger partial charge on any atom is 0.214 e. The Morgan fingerprint density at radius 1 is 1.31 bits per heavy atom. The van der Waals surface area contributed by atoms with E-state index in [1.165, 1.54) is 4.31 Å². The van der Waals surface area contributed by atoms with Crippen LogP contribution in [0.1, 0.15) is 20.3 Å². The van der Waals surface area contributed by atoms with Crippen molar-refractivity contribution >= 4 is 10.0 Å². The molecule has 0 bridgehead atoms. The first kappa shape index (κ1) is 13.9. The SMILES string of the molecule is CC(C)OCCCS(=O)(=O)N1CCOCC1. The normalized spacial score (nSPS) is 19.2. The van der Waals surface area contributed by atoms with Crippen LogP contribution in [-0.2, 0) is 19.5 Å². The molecule has 0 unspecified atom stereocenters. The highest BCUT2D eigenvalue weighted by Crippen LogP contribution is 2.07. The van der Waals surface area contributed by atoms with E-state index in [0.717, 1.165) is 0 Å². The molecule has 0 N–H and O–H groups in total. The molecule has 0 spiro atoms. The van der Waals surface area contributed by atoms with Gasteiger partial charge in [0.1, 0.15) is 0 Å². The molecule has 6 heteroatoms. The van der Waals surface area contributed by atoms with Gasteiger partial charge in [-0.3, -0.25) is 0 Å². The molecule has 5 nitrogen and oxygen atoms in total. The summed E-state index contributed by atoms with van der Waals surface area (Å²) >= 11 is 0. The molecule has 0 aromatic carbocycles. The van der Waals surface area contributed by atoms with Gasteiger partial charge in [0.25, 0.3) is 0 Å². The number of ether oxygens (including phenoxy) is 2. The zero-order valence-corrected chi connectivity index (χ0v) is 10.8. The van der Waals surface area contributed by atoms with Crippen LogP contribution in [0.25, 0.3) is 0 Å². The predicted octanol–water partition coefficient (Wildman–Crippen LogP) is 0.464. The summed E-state index contributed by atoms with van der Waals surface area (Å²) in [6.45, 7) is 6.35. The van der Waals surface area contributed by atoms with Gasteiger partial charge in [0.05, 0.1) is 25.1 Å². The summed E-state index contributed by atoms with van der Waals surface area (Å²) in [7, 11) is -3.11. The number of sulfonamides is 1. The Morgan fingerprint density at radius 2 is 1.94 bits per heavy atom. The summed E-state index contributed by atoms with van der Waals surface area (Å²) in [6, 6.07) is 0. The molecule has 0 aromatic heterocycles. The highest BCUT2D eigenvalue weighted by atomic mass is 32.2. The predicted molar refractivity (Wildman–Crippen MR) is 61.9 cm³/mol. The molecule has 1 heterocycles. The van der Waals surface area contributed by atoms with Crippen molar-refractivity contribution in [3.63, 3.8) is 0 Å². The van der Waals surface area contributed by atoms with Crippen LogP contribution < -0.4 is 0 Å². The van der Waals surface area contributed by atoms with E-state index in [4.69, 9.17) is 9.47 Å². The van der Waals surface area contributed by atoms with Crippen LogP contribution in [0.4, 0.5) is 0 Å². The van der Waals surface area contributed by atoms with Crippen molar-refractivity contribution in [2.75, 3.05) is 38.7 Å². The first-order chi connectivity index (χ1) is 7.52. The summed E-state index contributed by atoms with van der Waals surface area (Å²) in [5, 5.41) is 0. The Kier molecular flexibility index (Phi) is 5.68. The molecule has 0 aliphatic carbocycles. The minimum atomic E-state index is -3.11. The first-order valence-electron chi connectivity index (χ1n) is 5.69. The molecule has 0 saturated carbocycles. The zero-order chi connectivity index (χ0) is 12.0. The van der Waals surface area contributed by atoms with E-state index < -0.39 is 10.0 Å². The maximum atomic E-state index is 11.8. The third kappa shape index (κ3) is 4.78. The van der Waals surface area contributed by atoms with Gasteiger partial charge in [-0.1, -0.05) is 0 Å². The van der Waals surface area contributed by atoms with E-state index in [9.17, 15) is 8.42 Å². The molecule has 1 aliphatic rings. The van der Waals surface area contributed by atoms with E-state index in [2.05, 4.69) is 0 Å². The van der Waals surface area contributed by atoms with Gasteiger partial charge in [-0.25, -0.2) is 8.42 Å². The molecule has 0 atom stereocenters. The van der Waals surface area contributed by atoms with Crippen molar-refractivity contribution in [2.24, 2.45) is 0 Å². The Bertz CT molecular complexity index is 283. The van der Waals surface area contributed by atoms with Crippen LogP contribution in [0.3, 0.4) is 0 Å². The lowest BCUT2D eigenvalue weighted by molar-refractivity contribution is 0.0714. The van der Waals surface area contributed by atoms with E-state index in [1.807, 2.05) is 13.8 Å². The fraction of sp³-hybridized carbons (Fsp3) is 1.00. The summed E-state index contributed by atoms with van der Waals surface area (Å²) in [5.41, 5.74) is 0. The second kappa shape index (κ2) is 6.54. The van der Waals surface area contributed by atoms with E-state index >= 15 is 0 Å². The lowest BCUT2D eigenvalue weighted by Crippen LogP contribution is -2.41. The summed E-state index contributed by atoms with van der Waals surface area (Å²) in [4.78, 5) is 0. The lowest BCUT2D eigenvalue weighted by atomic mass is 10.4. The summed E-state index contributed by atoms with van der Waals surface area (Å²) in [6.07, 6.45) is 0.712. The monoisotopic (exact) mass is 251 g/mol. The van der Waals surface area contributed by atoms with Gasteiger partial charge >= 0.3 is 0 Å². The quantitative estimate of drug-likeness (QED) is 0.644. The van der Waals surface area contributed by atoms with Gasteiger partial charge < -0.3 is 9.47 Å². The summed E-state index contributed by atoms with van der Waals surface area (Å²) < 4.78 is 35.6. The van der Waals surface area contributed by atoms with Gasteiger partial charge in [-0.2, -0.15) is 4.31 Å². The van der Waals surface area contributed by atoms with Crippen LogP contribution >= 0.6 is 0 Å². The van der Waals surface area contributed by atoms with Gasteiger partial charge in [0.2, 0.25) is 10.0 Å². The first-order valence-corrected chi connectivity index (χ1v) is 7.30. The van der Waals surface area contributed by atoms with Crippen molar-refractivity contribution < 1.29 is 17.9 Å². The van der Waals surface area contributed by atoms with Gasteiger partial charge in [-0.15, -0.1) is 0 Å². The molecule has 1 rings (SSSR count). The fourth-order valence-corrected chi connectivity index (χ4v) is 2.96. The Morgan fingerprint density at radius 3 is 2.50 bits per heavy atom. The van der Waals surface area contributed by atoms with Crippen molar-refractivity contribution in [3.8, 4) is 0 Å². The molecular weight excluding hydrogens is 230 g/mol. The molecule has 0 aromatic rings. The average molecular weight is 251 g/mol. The minimum Gasteiger partial charge on any atom is -0.379 e. The Balaban J connectivity index is 2.27. The molecule has 1 aliphatic heterocycles. The van der Waals surface area contributed by atoms with Gasteiger partial charge in [0.15, 0.2) is 0 Å². The molecule has 96 valence electrons. The third-order valence-electron chi connectivity index (χ3n) is 2.36. The molecular formula is C10H21NO4S. The smallest absolute Gasteiger partial charge is 0.214 e. The van der Waals surface area contributed by atoms with E-state index in [-0.39, 0.29) is 11.9 Å². The second-order valence-electron chi connectivity index (χ2n) is 4.10. The average Bonchev–Trinajstić information content (AvgIpc) is 2.26. The Labute approximate surface area is 97.8 Å². The summed E-state index contributed by atoms with van der Waals surface area (Å²) in [5.74, 6) is 0.166. The van der Waals surface area contributed by atoms with Crippen molar-refractivity contribution in [1.82, 2.24) is 4.31 Å². The standard InChI is InChI=1S/C10H21NO4S/c1-10(2)15-6-3-9-16(12,13)11-4-7-14-8-5-11/h10H,3-9H2,1-2H3. The molecule has 16 heavy (non-hydrogen) atoms. The lowest BCUT2D eigenvalue weighted by Gasteiger charge is -2.26. The number of nitrogens with zero attached hydrogens (tertiary/aromatic N) is 1.